The molecule has 0 rings (SSSR count). The molecule has 1 N–H and O–H groups in total. The molecular weight excluding hydrogens is 844 g/mol. The predicted molar refractivity (Wildman–Crippen MR) is 281 cm³/mol. The van der Waals surface area contributed by atoms with Crippen LogP contribution >= 0.6 is 7.82 Å². The van der Waals surface area contributed by atoms with Crippen LogP contribution in [0.1, 0.15) is 329 Å². The van der Waals surface area contributed by atoms with E-state index in [0.717, 1.165) is 38.5 Å². The van der Waals surface area contributed by atoms with E-state index in [0.29, 0.717) is 6.42 Å². The number of phosphoric acid groups is 1. The van der Waals surface area contributed by atoms with Gasteiger partial charge in [-0.1, -0.05) is 296 Å². The molecule has 9 heteroatoms. The van der Waals surface area contributed by atoms with Gasteiger partial charge in [-0.3, -0.25) is 18.6 Å². The first-order chi connectivity index (χ1) is 32.3. The van der Waals surface area contributed by atoms with E-state index >= 15 is 0 Å². The SMILES string of the molecule is CCCCCCCCCCCCCCCCCCCCCCCCCC(=O)OCC(COP(=O)(O)OCC)OC(=O)CCCCCCCCCCCCCCCCCCCCCCCCC. The van der Waals surface area contributed by atoms with E-state index in [9.17, 15) is 19.0 Å². The zero-order valence-corrected chi connectivity index (χ0v) is 45.3. The van der Waals surface area contributed by atoms with Gasteiger partial charge in [0.2, 0.25) is 0 Å². The zero-order valence-electron chi connectivity index (χ0n) is 44.4. The number of hydrogen-bond acceptors (Lipinski definition) is 7. The van der Waals surface area contributed by atoms with Gasteiger partial charge in [0, 0.05) is 12.8 Å². The summed E-state index contributed by atoms with van der Waals surface area (Å²) in [5, 5.41) is 0. The van der Waals surface area contributed by atoms with Crippen molar-refractivity contribution in [2.24, 2.45) is 0 Å². The first-order valence-corrected chi connectivity index (χ1v) is 30.8. The Balaban J connectivity index is 3.84. The first kappa shape index (κ1) is 65.0. The van der Waals surface area contributed by atoms with Gasteiger partial charge in [0.25, 0.3) is 0 Å². The van der Waals surface area contributed by atoms with Crippen LogP contribution in [-0.2, 0) is 32.7 Å². The highest BCUT2D eigenvalue weighted by Crippen LogP contribution is 2.43. The summed E-state index contributed by atoms with van der Waals surface area (Å²) < 4.78 is 32.9. The van der Waals surface area contributed by atoms with Crippen LogP contribution in [0.15, 0.2) is 0 Å². The minimum atomic E-state index is -4.28. The molecule has 0 saturated carbocycles. The van der Waals surface area contributed by atoms with Gasteiger partial charge in [-0.05, 0) is 19.8 Å². The molecule has 0 fully saturated rings. The van der Waals surface area contributed by atoms with Crippen LogP contribution in [0.25, 0.3) is 0 Å². The minimum absolute atomic E-state index is 0.00627. The molecular formula is C57H113O8P. The number of phosphoric ester groups is 1. The number of rotatable bonds is 56. The standard InChI is InChI=1S/C57H113O8P/c1-4-7-9-11-13-15-17-19-21-23-25-27-29-31-33-35-37-39-41-43-45-47-49-51-56(58)62-53-55(54-64-66(60,61)63-6-3)65-57(59)52-50-48-46-44-42-40-38-36-34-32-30-28-26-24-22-20-18-16-14-12-10-8-5-2/h55H,4-54H2,1-3H3,(H,60,61). The van der Waals surface area contributed by atoms with Gasteiger partial charge in [0.1, 0.15) is 6.61 Å². The molecule has 2 atom stereocenters. The zero-order chi connectivity index (χ0) is 48.1. The lowest BCUT2D eigenvalue weighted by Crippen LogP contribution is -2.29. The minimum Gasteiger partial charge on any atom is -0.462 e. The predicted octanol–water partition coefficient (Wildman–Crippen LogP) is 19.4. The summed E-state index contributed by atoms with van der Waals surface area (Å²) in [7, 11) is -4.28. The molecule has 8 nitrogen and oxygen atoms in total. The molecule has 66 heavy (non-hydrogen) atoms. The second-order valence-electron chi connectivity index (χ2n) is 20.0. The lowest BCUT2D eigenvalue weighted by atomic mass is 10.0. The maximum Gasteiger partial charge on any atom is 0.472 e. The fourth-order valence-corrected chi connectivity index (χ4v) is 9.86. The Kier molecular flexibility index (Phi) is 52.6. The molecule has 394 valence electrons. The summed E-state index contributed by atoms with van der Waals surface area (Å²) in [5.74, 6) is -0.770. The second kappa shape index (κ2) is 53.4. The largest absolute Gasteiger partial charge is 0.472 e. The van der Waals surface area contributed by atoms with E-state index in [1.807, 2.05) is 0 Å². The van der Waals surface area contributed by atoms with Gasteiger partial charge in [0.15, 0.2) is 6.10 Å². The van der Waals surface area contributed by atoms with Crippen LogP contribution in [0, 0.1) is 0 Å². The molecule has 0 amide bonds. The number of esters is 2. The van der Waals surface area contributed by atoms with Gasteiger partial charge in [-0.25, -0.2) is 4.57 Å². The molecule has 0 aliphatic heterocycles. The van der Waals surface area contributed by atoms with Gasteiger partial charge in [0.05, 0.1) is 13.2 Å². The smallest absolute Gasteiger partial charge is 0.462 e. The Bertz CT molecular complexity index is 1040. The summed E-state index contributed by atoms with van der Waals surface area (Å²) in [6.07, 6.45) is 60.5. The Hall–Kier alpha value is -0.950. The quantitative estimate of drug-likeness (QED) is 0.0365. The van der Waals surface area contributed by atoms with Crippen molar-refractivity contribution in [2.75, 3.05) is 19.8 Å². The van der Waals surface area contributed by atoms with Crippen LogP contribution in [0.5, 0.6) is 0 Å². The summed E-state index contributed by atoms with van der Waals surface area (Å²) >= 11 is 0. The van der Waals surface area contributed by atoms with Gasteiger partial charge in [-0.2, -0.15) is 0 Å². The normalized spacial score (nSPS) is 13.0. The average molecular weight is 957 g/mol. The van der Waals surface area contributed by atoms with E-state index in [1.54, 1.807) is 6.92 Å². The molecule has 2 unspecified atom stereocenters. The van der Waals surface area contributed by atoms with Crippen molar-refractivity contribution in [1.82, 2.24) is 0 Å². The average Bonchev–Trinajstić information content (AvgIpc) is 3.30. The Morgan fingerprint density at radius 1 is 0.348 bits per heavy atom. The number of hydrogen-bond donors (Lipinski definition) is 1. The number of ether oxygens (including phenoxy) is 2. The van der Waals surface area contributed by atoms with Crippen LogP contribution in [0.2, 0.25) is 0 Å². The fourth-order valence-electron chi connectivity index (χ4n) is 9.11. The molecule has 0 aromatic heterocycles. The third kappa shape index (κ3) is 52.4. The molecule has 0 heterocycles. The van der Waals surface area contributed by atoms with Crippen molar-refractivity contribution in [3.8, 4) is 0 Å². The van der Waals surface area contributed by atoms with Crippen molar-refractivity contribution in [1.29, 1.82) is 0 Å². The van der Waals surface area contributed by atoms with Crippen molar-refractivity contribution < 1.29 is 37.6 Å². The number of unbranched alkanes of at least 4 members (excludes halogenated alkanes) is 44. The molecule has 0 aromatic carbocycles. The van der Waals surface area contributed by atoms with E-state index in [2.05, 4.69) is 13.8 Å². The fraction of sp³-hybridized carbons (Fsp3) is 0.965. The summed E-state index contributed by atoms with van der Waals surface area (Å²) in [6.45, 7) is 5.58. The third-order valence-corrected chi connectivity index (χ3v) is 14.5. The van der Waals surface area contributed by atoms with Crippen LogP contribution in [0.4, 0.5) is 0 Å². The molecule has 0 saturated heterocycles. The Morgan fingerprint density at radius 2 is 0.591 bits per heavy atom. The van der Waals surface area contributed by atoms with E-state index in [-0.39, 0.29) is 32.2 Å². The van der Waals surface area contributed by atoms with E-state index < -0.39 is 19.9 Å². The van der Waals surface area contributed by atoms with Crippen molar-refractivity contribution in [3.63, 3.8) is 0 Å². The lowest BCUT2D eigenvalue weighted by Gasteiger charge is -2.19. The maximum atomic E-state index is 12.7. The molecule has 0 bridgehead atoms. The van der Waals surface area contributed by atoms with Gasteiger partial charge < -0.3 is 14.4 Å². The topological polar surface area (TPSA) is 108 Å². The monoisotopic (exact) mass is 957 g/mol. The maximum absolute atomic E-state index is 12.7. The third-order valence-electron chi connectivity index (χ3n) is 13.4. The van der Waals surface area contributed by atoms with Crippen LogP contribution < -0.4 is 0 Å². The highest BCUT2D eigenvalue weighted by Gasteiger charge is 2.25. The second-order valence-corrected chi connectivity index (χ2v) is 21.5. The van der Waals surface area contributed by atoms with Crippen LogP contribution in [0.3, 0.4) is 0 Å². The van der Waals surface area contributed by atoms with Gasteiger partial charge >= 0.3 is 19.8 Å². The highest BCUT2D eigenvalue weighted by molar-refractivity contribution is 7.47. The number of carbonyl (C=O) groups excluding carboxylic acids is 2. The summed E-state index contributed by atoms with van der Waals surface area (Å²) in [6, 6.07) is 0. The number of carbonyl (C=O) groups is 2. The summed E-state index contributed by atoms with van der Waals surface area (Å²) in [5.41, 5.74) is 0. The van der Waals surface area contributed by atoms with E-state index in [4.69, 9.17) is 18.5 Å². The van der Waals surface area contributed by atoms with Crippen LogP contribution in [-0.4, -0.2) is 42.8 Å². The Morgan fingerprint density at radius 3 is 0.848 bits per heavy atom. The molecule has 0 radical (unpaired) electrons. The lowest BCUT2D eigenvalue weighted by molar-refractivity contribution is -0.161. The van der Waals surface area contributed by atoms with Gasteiger partial charge in [-0.15, -0.1) is 0 Å². The molecule has 0 aliphatic rings. The van der Waals surface area contributed by atoms with Crippen molar-refractivity contribution in [3.05, 3.63) is 0 Å². The van der Waals surface area contributed by atoms with Crippen molar-refractivity contribution >= 4 is 19.8 Å². The van der Waals surface area contributed by atoms with E-state index in [1.165, 1.54) is 257 Å². The highest BCUT2D eigenvalue weighted by atomic mass is 31.2. The molecule has 0 aliphatic carbocycles. The Labute approximate surface area is 410 Å². The first-order valence-electron chi connectivity index (χ1n) is 29.3. The van der Waals surface area contributed by atoms with Crippen molar-refractivity contribution in [2.45, 2.75) is 335 Å². The molecule has 0 spiro atoms. The molecule has 0 aromatic rings. The summed E-state index contributed by atoms with van der Waals surface area (Å²) in [4.78, 5) is 35.1.